The van der Waals surface area contributed by atoms with Crippen LogP contribution in [-0.2, 0) is 11.3 Å². The predicted octanol–water partition coefficient (Wildman–Crippen LogP) is 3.58. The quantitative estimate of drug-likeness (QED) is 0.771. The molecule has 0 N–H and O–H groups in total. The Balaban J connectivity index is 2.25. The van der Waals surface area contributed by atoms with Crippen molar-refractivity contribution in [3.05, 3.63) is 59.4 Å². The first-order chi connectivity index (χ1) is 9.22. The molecule has 0 amide bonds. The van der Waals surface area contributed by atoms with Gasteiger partial charge in [0.15, 0.2) is 6.29 Å². The third-order valence-electron chi connectivity index (χ3n) is 2.54. The summed E-state index contributed by atoms with van der Waals surface area (Å²) in [6.07, 6.45) is 0.567. The molecule has 0 heterocycles. The molecule has 0 bridgehead atoms. The highest BCUT2D eigenvalue weighted by Crippen LogP contribution is 2.25. The number of carbonyl (C=O) groups excluding carboxylic acids is 1. The second kappa shape index (κ2) is 6.11. The number of hydrogen-bond acceptors (Lipinski definition) is 3. The number of benzene rings is 2. The van der Waals surface area contributed by atoms with Crippen LogP contribution in [0.5, 0.6) is 11.5 Å². The second-order valence-corrected chi connectivity index (χ2v) is 3.98. The Kier molecular flexibility index (Phi) is 4.26. The van der Waals surface area contributed by atoms with Crippen molar-refractivity contribution in [2.75, 3.05) is 7.11 Å². The lowest BCUT2D eigenvalue weighted by molar-refractivity contribution is 0.112. The Morgan fingerprint density at radius 3 is 2.79 bits per heavy atom. The molecule has 0 aliphatic rings. The summed E-state index contributed by atoms with van der Waals surface area (Å²) in [6.45, 7) is 0.473. The zero-order valence-corrected chi connectivity index (χ0v) is 10.4. The fourth-order valence-electron chi connectivity index (χ4n) is 1.70. The maximum Gasteiger partial charge on any atom is 0.153 e. The Labute approximate surface area is 110 Å². The minimum Gasteiger partial charge on any atom is -0.457 e. The zero-order chi connectivity index (χ0) is 13.7. The molecule has 98 valence electrons. The van der Waals surface area contributed by atoms with Crippen molar-refractivity contribution < 1.29 is 18.7 Å². The first-order valence-electron chi connectivity index (χ1n) is 5.73. The molecule has 0 aliphatic heterocycles. The van der Waals surface area contributed by atoms with Crippen molar-refractivity contribution >= 4 is 6.29 Å². The minimum atomic E-state index is -0.470. The summed E-state index contributed by atoms with van der Waals surface area (Å²) in [5.41, 5.74) is 1.13. The van der Waals surface area contributed by atoms with E-state index in [-0.39, 0.29) is 5.56 Å². The fraction of sp³-hybridized carbons (Fsp3) is 0.133. The minimum absolute atomic E-state index is 0.178. The molecule has 2 rings (SSSR count). The van der Waals surface area contributed by atoms with E-state index >= 15 is 0 Å². The molecule has 4 heteroatoms. The van der Waals surface area contributed by atoms with Gasteiger partial charge in [0, 0.05) is 7.11 Å². The van der Waals surface area contributed by atoms with Gasteiger partial charge in [0.1, 0.15) is 17.3 Å². The molecule has 0 saturated heterocycles. The van der Waals surface area contributed by atoms with Crippen molar-refractivity contribution in [3.63, 3.8) is 0 Å². The van der Waals surface area contributed by atoms with Gasteiger partial charge in [0.05, 0.1) is 12.2 Å². The van der Waals surface area contributed by atoms with E-state index in [1.54, 1.807) is 19.2 Å². The summed E-state index contributed by atoms with van der Waals surface area (Å²) in [4.78, 5) is 10.9. The molecule has 19 heavy (non-hydrogen) atoms. The second-order valence-electron chi connectivity index (χ2n) is 3.98. The molecule has 2 aromatic rings. The standard InChI is InChI=1S/C15H13FO3/c1-18-10-11-3-2-4-14(7-11)19-15-6-5-13(16)8-12(15)9-17/h2-9H,10H2,1H3. The fourth-order valence-corrected chi connectivity index (χ4v) is 1.70. The number of carbonyl (C=O) groups is 1. The van der Waals surface area contributed by atoms with E-state index in [0.717, 1.165) is 11.6 Å². The average molecular weight is 260 g/mol. The molecule has 0 aliphatic carbocycles. The molecule has 0 radical (unpaired) electrons. The summed E-state index contributed by atoms with van der Waals surface area (Å²) in [6, 6.07) is 11.1. The SMILES string of the molecule is COCc1cccc(Oc2ccc(F)cc2C=O)c1. The molecule has 0 fully saturated rings. The van der Waals surface area contributed by atoms with E-state index in [0.29, 0.717) is 24.4 Å². The van der Waals surface area contributed by atoms with Crippen LogP contribution >= 0.6 is 0 Å². The number of methoxy groups -OCH3 is 1. The molecular weight excluding hydrogens is 247 g/mol. The van der Waals surface area contributed by atoms with Crippen LogP contribution in [0.1, 0.15) is 15.9 Å². The summed E-state index contributed by atoms with van der Waals surface area (Å²) < 4.78 is 23.6. The lowest BCUT2D eigenvalue weighted by Gasteiger charge is -2.09. The highest BCUT2D eigenvalue weighted by molar-refractivity contribution is 5.79. The Morgan fingerprint density at radius 2 is 2.05 bits per heavy atom. The molecule has 0 atom stereocenters. The van der Waals surface area contributed by atoms with E-state index in [2.05, 4.69) is 0 Å². The van der Waals surface area contributed by atoms with Crippen LogP contribution in [0.15, 0.2) is 42.5 Å². The number of halogens is 1. The maximum absolute atomic E-state index is 13.0. The largest absolute Gasteiger partial charge is 0.457 e. The number of ether oxygens (including phenoxy) is 2. The van der Waals surface area contributed by atoms with Crippen LogP contribution in [0.3, 0.4) is 0 Å². The first kappa shape index (κ1) is 13.2. The molecule has 0 unspecified atom stereocenters. The molecule has 2 aromatic carbocycles. The number of aldehydes is 1. The van der Waals surface area contributed by atoms with Crippen molar-refractivity contribution in [3.8, 4) is 11.5 Å². The van der Waals surface area contributed by atoms with Crippen LogP contribution < -0.4 is 4.74 Å². The molecule has 3 nitrogen and oxygen atoms in total. The van der Waals surface area contributed by atoms with E-state index in [1.807, 2.05) is 12.1 Å². The smallest absolute Gasteiger partial charge is 0.153 e. The van der Waals surface area contributed by atoms with E-state index in [9.17, 15) is 9.18 Å². The van der Waals surface area contributed by atoms with Crippen LogP contribution in [0.25, 0.3) is 0 Å². The topological polar surface area (TPSA) is 35.5 Å². The third-order valence-corrected chi connectivity index (χ3v) is 2.54. The van der Waals surface area contributed by atoms with Gasteiger partial charge in [-0.25, -0.2) is 4.39 Å². The van der Waals surface area contributed by atoms with E-state index < -0.39 is 5.82 Å². The van der Waals surface area contributed by atoms with Crippen molar-refractivity contribution in [1.82, 2.24) is 0 Å². The molecule has 0 aromatic heterocycles. The van der Waals surface area contributed by atoms with Gasteiger partial charge in [-0.2, -0.15) is 0 Å². The average Bonchev–Trinajstić information content (AvgIpc) is 2.41. The van der Waals surface area contributed by atoms with Gasteiger partial charge in [-0.15, -0.1) is 0 Å². The van der Waals surface area contributed by atoms with Gasteiger partial charge in [-0.1, -0.05) is 12.1 Å². The van der Waals surface area contributed by atoms with Gasteiger partial charge < -0.3 is 9.47 Å². The summed E-state index contributed by atoms with van der Waals surface area (Å²) in [5, 5.41) is 0. The molecule has 0 saturated carbocycles. The molecule has 0 spiro atoms. The summed E-state index contributed by atoms with van der Waals surface area (Å²) in [7, 11) is 1.61. The number of hydrogen-bond donors (Lipinski definition) is 0. The highest BCUT2D eigenvalue weighted by atomic mass is 19.1. The lowest BCUT2D eigenvalue weighted by Crippen LogP contribution is -1.93. The first-order valence-corrected chi connectivity index (χ1v) is 5.73. The Bertz CT molecular complexity index is 581. The van der Waals surface area contributed by atoms with Crippen LogP contribution in [0.2, 0.25) is 0 Å². The van der Waals surface area contributed by atoms with E-state index in [1.165, 1.54) is 12.1 Å². The van der Waals surface area contributed by atoms with Crippen molar-refractivity contribution in [2.45, 2.75) is 6.61 Å². The van der Waals surface area contributed by atoms with Crippen molar-refractivity contribution in [2.24, 2.45) is 0 Å². The van der Waals surface area contributed by atoms with Crippen LogP contribution in [-0.4, -0.2) is 13.4 Å². The van der Waals surface area contributed by atoms with Crippen LogP contribution in [0.4, 0.5) is 4.39 Å². The maximum atomic E-state index is 13.0. The van der Waals surface area contributed by atoms with E-state index in [4.69, 9.17) is 9.47 Å². The van der Waals surface area contributed by atoms with Gasteiger partial charge in [-0.3, -0.25) is 4.79 Å². The lowest BCUT2D eigenvalue weighted by atomic mass is 10.2. The zero-order valence-electron chi connectivity index (χ0n) is 10.4. The predicted molar refractivity (Wildman–Crippen MR) is 69.0 cm³/mol. The van der Waals surface area contributed by atoms with Crippen molar-refractivity contribution in [1.29, 1.82) is 0 Å². The third kappa shape index (κ3) is 3.39. The van der Waals surface area contributed by atoms with Gasteiger partial charge in [0.25, 0.3) is 0 Å². The van der Waals surface area contributed by atoms with Gasteiger partial charge in [0.2, 0.25) is 0 Å². The van der Waals surface area contributed by atoms with Gasteiger partial charge >= 0.3 is 0 Å². The van der Waals surface area contributed by atoms with Gasteiger partial charge in [-0.05, 0) is 35.9 Å². The van der Waals surface area contributed by atoms with Crippen LogP contribution in [0, 0.1) is 5.82 Å². The normalized spacial score (nSPS) is 10.2. The highest BCUT2D eigenvalue weighted by Gasteiger charge is 2.06. The summed E-state index contributed by atoms with van der Waals surface area (Å²) in [5.74, 6) is 0.429. The monoisotopic (exact) mass is 260 g/mol. The Morgan fingerprint density at radius 1 is 1.21 bits per heavy atom. The molecular formula is C15H13FO3. The number of rotatable bonds is 5. The Hall–Kier alpha value is -2.20. The summed E-state index contributed by atoms with van der Waals surface area (Å²) >= 11 is 0.